The number of hydrogen-bond donors (Lipinski definition) is 2. The number of rotatable bonds is 3. The van der Waals surface area contributed by atoms with Crippen molar-refractivity contribution in [1.29, 1.82) is 0 Å². The van der Waals surface area contributed by atoms with Crippen molar-refractivity contribution in [2.45, 2.75) is 0 Å². The lowest BCUT2D eigenvalue weighted by atomic mass is 10.1. The number of para-hydroxylation sites is 1. The predicted molar refractivity (Wildman–Crippen MR) is 86.8 cm³/mol. The van der Waals surface area contributed by atoms with E-state index in [1.165, 1.54) is 54.6 Å². The molecule has 0 unspecified atom stereocenters. The molecule has 0 radical (unpaired) electrons. The molecule has 6 heteroatoms. The fourth-order valence-electron chi connectivity index (χ4n) is 2.20. The minimum Gasteiger partial charge on any atom is -0.321 e. The van der Waals surface area contributed by atoms with E-state index in [0.29, 0.717) is 11.3 Å². The highest BCUT2D eigenvalue weighted by atomic mass is 19.1. The first-order chi connectivity index (χ1) is 11.5. The second-order valence-corrected chi connectivity index (χ2v) is 5.06. The second kappa shape index (κ2) is 6.45. The van der Waals surface area contributed by atoms with Gasteiger partial charge in [0.25, 0.3) is 11.5 Å². The van der Waals surface area contributed by atoms with Gasteiger partial charge in [-0.3, -0.25) is 9.59 Å². The van der Waals surface area contributed by atoms with E-state index in [1.54, 1.807) is 6.07 Å². The van der Waals surface area contributed by atoms with Crippen molar-refractivity contribution in [1.82, 2.24) is 4.98 Å². The first-order valence-electron chi connectivity index (χ1n) is 7.10. The monoisotopic (exact) mass is 326 g/mol. The van der Waals surface area contributed by atoms with Crippen LogP contribution in [0, 0.1) is 11.6 Å². The molecule has 0 atom stereocenters. The maximum absolute atomic E-state index is 13.6. The van der Waals surface area contributed by atoms with Gasteiger partial charge in [-0.2, -0.15) is 0 Å². The minimum absolute atomic E-state index is 0.00971. The molecular formula is C18H12F2N2O2. The summed E-state index contributed by atoms with van der Waals surface area (Å²) in [5.74, 6) is -1.70. The summed E-state index contributed by atoms with van der Waals surface area (Å²) < 4.78 is 26.5. The van der Waals surface area contributed by atoms with Crippen LogP contribution in [0.25, 0.3) is 11.3 Å². The van der Waals surface area contributed by atoms with Gasteiger partial charge in [-0.25, -0.2) is 8.78 Å². The smallest absolute Gasteiger partial charge is 0.261 e. The lowest BCUT2D eigenvalue weighted by Crippen LogP contribution is -2.23. The second-order valence-electron chi connectivity index (χ2n) is 5.06. The number of anilines is 1. The summed E-state index contributed by atoms with van der Waals surface area (Å²) in [6.07, 6.45) is 0. The summed E-state index contributed by atoms with van der Waals surface area (Å²) in [6.45, 7) is 0. The first kappa shape index (κ1) is 15.6. The van der Waals surface area contributed by atoms with Crippen LogP contribution in [-0.4, -0.2) is 10.9 Å². The van der Waals surface area contributed by atoms with Crippen LogP contribution in [0.3, 0.4) is 0 Å². The van der Waals surface area contributed by atoms with Crippen LogP contribution in [0.4, 0.5) is 14.5 Å². The number of nitrogens with one attached hydrogen (secondary N) is 2. The van der Waals surface area contributed by atoms with E-state index >= 15 is 0 Å². The zero-order valence-electron chi connectivity index (χ0n) is 12.3. The van der Waals surface area contributed by atoms with E-state index in [2.05, 4.69) is 10.3 Å². The quantitative estimate of drug-likeness (QED) is 0.773. The average Bonchev–Trinajstić information content (AvgIpc) is 2.57. The van der Waals surface area contributed by atoms with Crippen molar-refractivity contribution in [3.63, 3.8) is 0 Å². The lowest BCUT2D eigenvalue weighted by Gasteiger charge is -2.07. The molecule has 0 aliphatic carbocycles. The highest BCUT2D eigenvalue weighted by Gasteiger charge is 2.13. The van der Waals surface area contributed by atoms with Gasteiger partial charge in [0.05, 0.1) is 5.69 Å². The van der Waals surface area contributed by atoms with Crippen molar-refractivity contribution < 1.29 is 13.6 Å². The van der Waals surface area contributed by atoms with Gasteiger partial charge >= 0.3 is 0 Å². The Hall–Kier alpha value is -3.28. The summed E-state index contributed by atoms with van der Waals surface area (Å²) in [5, 5.41) is 2.35. The summed E-state index contributed by atoms with van der Waals surface area (Å²) in [7, 11) is 0. The van der Waals surface area contributed by atoms with Gasteiger partial charge in [0, 0.05) is 5.69 Å². The first-order valence-corrected chi connectivity index (χ1v) is 7.10. The van der Waals surface area contributed by atoms with E-state index in [9.17, 15) is 18.4 Å². The SMILES string of the molecule is O=C(Nc1ccccc1F)c1ccc(-c2ccc(F)cc2)[nH]c1=O. The molecule has 0 saturated heterocycles. The Labute approximate surface area is 135 Å². The molecule has 0 saturated carbocycles. The summed E-state index contributed by atoms with van der Waals surface area (Å²) >= 11 is 0. The molecule has 0 bridgehead atoms. The molecule has 0 spiro atoms. The summed E-state index contributed by atoms with van der Waals surface area (Å²) in [4.78, 5) is 26.8. The van der Waals surface area contributed by atoms with Gasteiger partial charge in [0.2, 0.25) is 0 Å². The molecule has 2 N–H and O–H groups in total. The van der Waals surface area contributed by atoms with Gasteiger partial charge in [0.1, 0.15) is 17.2 Å². The summed E-state index contributed by atoms with van der Waals surface area (Å²) in [5.41, 5.74) is 0.274. The number of pyridine rings is 1. The molecule has 3 rings (SSSR count). The highest BCUT2D eigenvalue weighted by Crippen LogP contribution is 2.17. The van der Waals surface area contributed by atoms with E-state index < -0.39 is 17.3 Å². The van der Waals surface area contributed by atoms with E-state index in [1.807, 2.05) is 0 Å². The third kappa shape index (κ3) is 3.22. The predicted octanol–water partition coefficient (Wildman–Crippen LogP) is 3.57. The van der Waals surface area contributed by atoms with Gasteiger partial charge in [-0.05, 0) is 54.1 Å². The third-order valence-electron chi connectivity index (χ3n) is 3.43. The number of H-pyrrole nitrogens is 1. The standard InChI is InChI=1S/C18H12F2N2O2/c19-12-7-5-11(6-8-12)15-10-9-13(17(23)21-15)18(24)22-16-4-2-1-3-14(16)20/h1-10H,(H,21,23)(H,22,24). The molecule has 120 valence electrons. The van der Waals surface area contributed by atoms with Crippen LogP contribution in [-0.2, 0) is 0 Å². The number of carbonyl (C=O) groups is 1. The Balaban J connectivity index is 1.87. The Bertz CT molecular complexity index is 950. The molecule has 1 aromatic heterocycles. The molecule has 24 heavy (non-hydrogen) atoms. The highest BCUT2D eigenvalue weighted by molar-refractivity contribution is 6.04. The minimum atomic E-state index is -0.716. The average molecular weight is 326 g/mol. The number of aromatic amines is 1. The van der Waals surface area contributed by atoms with Crippen LogP contribution in [0.15, 0.2) is 65.5 Å². The Kier molecular flexibility index (Phi) is 4.20. The fraction of sp³-hybridized carbons (Fsp3) is 0. The fourth-order valence-corrected chi connectivity index (χ4v) is 2.20. The molecule has 3 aromatic rings. The van der Waals surface area contributed by atoms with Crippen LogP contribution < -0.4 is 10.9 Å². The van der Waals surface area contributed by atoms with Crippen LogP contribution in [0.2, 0.25) is 0 Å². The number of halogens is 2. The molecule has 1 heterocycles. The third-order valence-corrected chi connectivity index (χ3v) is 3.43. The maximum atomic E-state index is 13.6. The van der Waals surface area contributed by atoms with E-state index in [-0.39, 0.29) is 17.1 Å². The number of amides is 1. The van der Waals surface area contributed by atoms with Crippen molar-refractivity contribution in [2.24, 2.45) is 0 Å². The molecular weight excluding hydrogens is 314 g/mol. The van der Waals surface area contributed by atoms with Gasteiger partial charge in [-0.15, -0.1) is 0 Å². The molecule has 0 aliphatic heterocycles. The van der Waals surface area contributed by atoms with E-state index in [4.69, 9.17) is 0 Å². The largest absolute Gasteiger partial charge is 0.321 e. The molecule has 0 aliphatic rings. The van der Waals surface area contributed by atoms with Crippen molar-refractivity contribution in [3.8, 4) is 11.3 Å². The Morgan fingerprint density at radius 1 is 0.917 bits per heavy atom. The van der Waals surface area contributed by atoms with Crippen LogP contribution in [0.5, 0.6) is 0 Å². The Morgan fingerprint density at radius 2 is 1.62 bits per heavy atom. The molecule has 0 fully saturated rings. The van der Waals surface area contributed by atoms with Gasteiger partial charge < -0.3 is 10.3 Å². The number of hydrogen-bond acceptors (Lipinski definition) is 2. The van der Waals surface area contributed by atoms with Gasteiger partial charge in [-0.1, -0.05) is 12.1 Å². The molecule has 2 aromatic carbocycles. The number of benzene rings is 2. The van der Waals surface area contributed by atoms with Crippen molar-refractivity contribution in [2.75, 3.05) is 5.32 Å². The topological polar surface area (TPSA) is 62.0 Å². The maximum Gasteiger partial charge on any atom is 0.261 e. The number of aromatic nitrogens is 1. The summed E-state index contributed by atoms with van der Waals surface area (Å²) in [6, 6.07) is 14.1. The van der Waals surface area contributed by atoms with Gasteiger partial charge in [0.15, 0.2) is 0 Å². The van der Waals surface area contributed by atoms with Crippen molar-refractivity contribution >= 4 is 11.6 Å². The zero-order chi connectivity index (χ0) is 17.1. The zero-order valence-corrected chi connectivity index (χ0v) is 12.3. The molecule has 1 amide bonds. The molecule has 4 nitrogen and oxygen atoms in total. The van der Waals surface area contributed by atoms with Crippen molar-refractivity contribution in [3.05, 3.63) is 88.2 Å². The lowest BCUT2D eigenvalue weighted by molar-refractivity contribution is 0.102. The van der Waals surface area contributed by atoms with Crippen LogP contribution >= 0.6 is 0 Å². The van der Waals surface area contributed by atoms with Crippen LogP contribution in [0.1, 0.15) is 10.4 Å². The Morgan fingerprint density at radius 3 is 2.29 bits per heavy atom. The van der Waals surface area contributed by atoms with E-state index in [0.717, 1.165) is 0 Å². The number of carbonyl (C=O) groups excluding carboxylic acids is 1. The normalized spacial score (nSPS) is 10.4.